The molecule has 3 heterocycles. The van der Waals surface area contributed by atoms with Crippen LogP contribution in [0.15, 0.2) is 58.1 Å². The molecule has 0 bridgehead atoms. The number of aromatic nitrogens is 4. The Morgan fingerprint density at radius 3 is 2.29 bits per heavy atom. The molecule has 10 nitrogen and oxygen atoms in total. The van der Waals surface area contributed by atoms with Crippen LogP contribution in [0.25, 0.3) is 11.2 Å². The van der Waals surface area contributed by atoms with Gasteiger partial charge in [-0.05, 0) is 42.0 Å². The molecule has 0 unspecified atom stereocenters. The molecule has 1 aliphatic rings. The quantitative estimate of drug-likeness (QED) is 0.403. The van der Waals surface area contributed by atoms with Gasteiger partial charge >= 0.3 is 5.69 Å². The first-order chi connectivity index (χ1) is 18.2. The molecule has 1 saturated heterocycles. The number of carbonyl (C=O) groups excluding carboxylic acids is 1. The summed E-state index contributed by atoms with van der Waals surface area (Å²) in [6.07, 6.45) is 0. The van der Waals surface area contributed by atoms with Gasteiger partial charge in [-0.25, -0.2) is 9.18 Å². The number of nitrogens with zero attached hydrogens (tertiary/aromatic N) is 6. The van der Waals surface area contributed by atoms with E-state index in [0.717, 1.165) is 10.1 Å². The minimum absolute atomic E-state index is 0.182. The summed E-state index contributed by atoms with van der Waals surface area (Å²) in [7, 11) is 3.06. The van der Waals surface area contributed by atoms with E-state index in [1.807, 2.05) is 21.6 Å². The summed E-state index contributed by atoms with van der Waals surface area (Å²) in [6.45, 7) is 2.90. The van der Waals surface area contributed by atoms with Crippen molar-refractivity contribution in [3.05, 3.63) is 85.8 Å². The Morgan fingerprint density at radius 1 is 0.974 bits per heavy atom. The van der Waals surface area contributed by atoms with Crippen LogP contribution in [0.4, 0.5) is 16.0 Å². The van der Waals surface area contributed by atoms with Crippen LogP contribution in [0.2, 0.25) is 5.02 Å². The predicted molar refractivity (Wildman–Crippen MR) is 144 cm³/mol. The Hall–Kier alpha value is -3.96. The maximum absolute atomic E-state index is 13.2. The lowest BCUT2D eigenvalue weighted by Crippen LogP contribution is -2.49. The van der Waals surface area contributed by atoms with Crippen LogP contribution in [0.3, 0.4) is 0 Å². The highest BCUT2D eigenvalue weighted by Crippen LogP contribution is 2.23. The number of halogens is 2. The van der Waals surface area contributed by atoms with Crippen molar-refractivity contribution in [3.8, 4) is 0 Å². The van der Waals surface area contributed by atoms with Crippen LogP contribution in [0.1, 0.15) is 5.56 Å². The number of amides is 1. The van der Waals surface area contributed by atoms with Gasteiger partial charge in [-0.3, -0.25) is 28.2 Å². The summed E-state index contributed by atoms with van der Waals surface area (Å²) in [5, 5.41) is 3.40. The van der Waals surface area contributed by atoms with E-state index in [4.69, 9.17) is 16.6 Å². The number of hydrogen-bond donors (Lipinski definition) is 1. The van der Waals surface area contributed by atoms with E-state index in [2.05, 4.69) is 10.2 Å². The van der Waals surface area contributed by atoms with Crippen molar-refractivity contribution in [2.24, 2.45) is 14.1 Å². The van der Waals surface area contributed by atoms with Crippen molar-refractivity contribution in [2.75, 3.05) is 42.9 Å². The summed E-state index contributed by atoms with van der Waals surface area (Å²) in [4.78, 5) is 47.1. The van der Waals surface area contributed by atoms with Crippen molar-refractivity contribution >= 4 is 40.3 Å². The third-order valence-corrected chi connectivity index (χ3v) is 6.98. The highest BCUT2D eigenvalue weighted by molar-refractivity contribution is 6.30. The van der Waals surface area contributed by atoms with Gasteiger partial charge in [0.15, 0.2) is 11.2 Å². The molecule has 1 aliphatic heterocycles. The van der Waals surface area contributed by atoms with Crippen molar-refractivity contribution in [1.29, 1.82) is 0 Å². The maximum atomic E-state index is 13.2. The number of rotatable bonds is 6. The van der Waals surface area contributed by atoms with Gasteiger partial charge in [0.05, 0.1) is 13.1 Å². The van der Waals surface area contributed by atoms with Crippen LogP contribution in [0.5, 0.6) is 0 Å². The molecule has 2 aromatic carbocycles. The number of hydrogen-bond acceptors (Lipinski definition) is 6. The summed E-state index contributed by atoms with van der Waals surface area (Å²) < 4.78 is 17.4. The smallest absolute Gasteiger partial charge is 0.332 e. The Bertz CT molecular complexity index is 1600. The van der Waals surface area contributed by atoms with E-state index in [9.17, 15) is 18.8 Å². The van der Waals surface area contributed by atoms with Gasteiger partial charge in [-0.15, -0.1) is 0 Å². The third-order valence-electron chi connectivity index (χ3n) is 6.73. The molecule has 1 amide bonds. The monoisotopic (exact) mass is 539 g/mol. The van der Waals surface area contributed by atoms with E-state index in [1.165, 1.54) is 35.9 Å². The fourth-order valence-corrected chi connectivity index (χ4v) is 4.77. The molecule has 4 aromatic rings. The van der Waals surface area contributed by atoms with Gasteiger partial charge in [0, 0.05) is 51.0 Å². The van der Waals surface area contributed by atoms with E-state index < -0.39 is 11.2 Å². The van der Waals surface area contributed by atoms with Crippen LogP contribution >= 0.6 is 11.6 Å². The standard InChI is InChI=1S/C26H27ClFN7O3/c1-31-23-22(24(37)32(2)26(31)38)35(15-17-3-5-18(27)6-4-17)25(30-23)34-13-11-33(12-14-34)16-21(36)29-20-9-7-19(28)8-10-20/h3-10H,11-16H2,1-2H3,(H,29,36). The zero-order valence-corrected chi connectivity index (χ0v) is 21.8. The highest BCUT2D eigenvalue weighted by atomic mass is 35.5. The summed E-state index contributed by atoms with van der Waals surface area (Å²) in [5.74, 6) is 0.0429. The Morgan fingerprint density at radius 2 is 1.63 bits per heavy atom. The first kappa shape index (κ1) is 25.7. The Kier molecular flexibility index (Phi) is 7.04. The predicted octanol–water partition coefficient (Wildman–Crippen LogP) is 2.04. The number of carbonyl (C=O) groups is 1. The molecule has 5 rings (SSSR count). The Labute approximate surface area is 222 Å². The van der Waals surface area contributed by atoms with Gasteiger partial charge in [-0.2, -0.15) is 4.98 Å². The lowest BCUT2D eigenvalue weighted by atomic mass is 10.2. The number of anilines is 2. The average Bonchev–Trinajstić information content (AvgIpc) is 3.28. The molecule has 0 radical (unpaired) electrons. The number of imidazole rings is 1. The zero-order chi connectivity index (χ0) is 27.0. The molecule has 0 atom stereocenters. The number of nitrogens with one attached hydrogen (secondary N) is 1. The number of benzene rings is 2. The SMILES string of the molecule is Cn1c(=O)c2c(nc(N3CCN(CC(=O)Nc4ccc(F)cc4)CC3)n2Cc2ccc(Cl)cc2)n(C)c1=O. The highest BCUT2D eigenvalue weighted by Gasteiger charge is 2.26. The summed E-state index contributed by atoms with van der Waals surface area (Å²) >= 11 is 6.06. The van der Waals surface area contributed by atoms with Crippen molar-refractivity contribution in [3.63, 3.8) is 0 Å². The second-order valence-electron chi connectivity index (χ2n) is 9.32. The minimum Gasteiger partial charge on any atom is -0.340 e. The van der Waals surface area contributed by atoms with E-state index in [0.29, 0.717) is 60.5 Å². The molecule has 198 valence electrons. The molecule has 2 aromatic heterocycles. The normalized spacial score (nSPS) is 14.3. The van der Waals surface area contributed by atoms with E-state index in [-0.39, 0.29) is 18.3 Å². The summed E-state index contributed by atoms with van der Waals surface area (Å²) in [5.41, 5.74) is 1.29. The first-order valence-electron chi connectivity index (χ1n) is 12.1. The Balaban J connectivity index is 1.38. The number of fused-ring (bicyclic) bond motifs is 1. The fraction of sp³-hybridized carbons (Fsp3) is 0.308. The molecule has 0 aliphatic carbocycles. The van der Waals surface area contributed by atoms with Crippen LogP contribution in [-0.2, 0) is 25.4 Å². The lowest BCUT2D eigenvalue weighted by Gasteiger charge is -2.35. The first-order valence-corrected chi connectivity index (χ1v) is 12.5. The van der Waals surface area contributed by atoms with Crippen molar-refractivity contribution in [2.45, 2.75) is 6.54 Å². The fourth-order valence-electron chi connectivity index (χ4n) is 4.64. The zero-order valence-electron chi connectivity index (χ0n) is 21.0. The maximum Gasteiger partial charge on any atom is 0.332 e. The molecular formula is C26H27ClFN7O3. The molecule has 12 heteroatoms. The van der Waals surface area contributed by atoms with Gasteiger partial charge in [-0.1, -0.05) is 23.7 Å². The van der Waals surface area contributed by atoms with Crippen LogP contribution < -0.4 is 21.5 Å². The topological polar surface area (TPSA) is 97.4 Å². The van der Waals surface area contributed by atoms with Crippen LogP contribution in [-0.4, -0.2) is 62.2 Å². The second kappa shape index (κ2) is 10.4. The summed E-state index contributed by atoms with van der Waals surface area (Å²) in [6, 6.07) is 13.0. The minimum atomic E-state index is -0.442. The van der Waals surface area contributed by atoms with Crippen LogP contribution in [0, 0.1) is 5.82 Å². The number of aryl methyl sites for hydroxylation is 1. The molecule has 0 spiro atoms. The number of piperazine rings is 1. The van der Waals surface area contributed by atoms with E-state index in [1.54, 1.807) is 19.2 Å². The van der Waals surface area contributed by atoms with Gasteiger partial charge in [0.1, 0.15) is 5.82 Å². The molecule has 38 heavy (non-hydrogen) atoms. The van der Waals surface area contributed by atoms with Crippen molar-refractivity contribution in [1.82, 2.24) is 23.6 Å². The van der Waals surface area contributed by atoms with Gasteiger partial charge < -0.3 is 10.2 Å². The molecule has 1 N–H and O–H groups in total. The van der Waals surface area contributed by atoms with Gasteiger partial charge in [0.25, 0.3) is 5.56 Å². The molecular weight excluding hydrogens is 513 g/mol. The molecule has 1 fully saturated rings. The van der Waals surface area contributed by atoms with Crippen molar-refractivity contribution < 1.29 is 9.18 Å². The largest absolute Gasteiger partial charge is 0.340 e. The van der Waals surface area contributed by atoms with E-state index >= 15 is 0 Å². The molecule has 0 saturated carbocycles. The van der Waals surface area contributed by atoms with Gasteiger partial charge in [0.2, 0.25) is 11.9 Å². The second-order valence-corrected chi connectivity index (χ2v) is 9.76. The third kappa shape index (κ3) is 5.07. The average molecular weight is 540 g/mol. The lowest BCUT2D eigenvalue weighted by molar-refractivity contribution is -0.117.